The zero-order chi connectivity index (χ0) is 15.6. The summed E-state index contributed by atoms with van der Waals surface area (Å²) in [5.41, 5.74) is 0. The van der Waals surface area contributed by atoms with E-state index >= 15 is 0 Å². The molecule has 1 aliphatic heterocycles. The van der Waals surface area contributed by atoms with Gasteiger partial charge in [-0.2, -0.15) is 0 Å². The quantitative estimate of drug-likeness (QED) is 0.341. The van der Waals surface area contributed by atoms with Crippen LogP contribution in [0.4, 0.5) is 0 Å². The number of rotatable bonds is 5. The van der Waals surface area contributed by atoms with E-state index in [4.69, 9.17) is 19.3 Å². The van der Waals surface area contributed by atoms with E-state index in [1.54, 1.807) is 0 Å². The Kier molecular flexibility index (Phi) is 4.99. The average Bonchev–Trinajstić information content (AvgIpc) is 2.90. The molecule has 0 radical (unpaired) electrons. The summed E-state index contributed by atoms with van der Waals surface area (Å²) < 4.78 is 21.3. The van der Waals surface area contributed by atoms with Crippen molar-refractivity contribution >= 4 is 7.60 Å². The van der Waals surface area contributed by atoms with E-state index in [2.05, 4.69) is 9.97 Å². The van der Waals surface area contributed by atoms with Gasteiger partial charge in [0.15, 0.2) is 0 Å². The summed E-state index contributed by atoms with van der Waals surface area (Å²) in [6.45, 7) is 0. The van der Waals surface area contributed by atoms with Gasteiger partial charge >= 0.3 is 7.60 Å². The molecule has 1 fully saturated rings. The van der Waals surface area contributed by atoms with Crippen LogP contribution in [0.1, 0.15) is 6.42 Å². The number of hydrogen-bond donors (Lipinski definition) is 6. The second-order valence-corrected chi connectivity index (χ2v) is 6.48. The minimum atomic E-state index is -4.26. The van der Waals surface area contributed by atoms with E-state index in [9.17, 15) is 19.9 Å². The van der Waals surface area contributed by atoms with E-state index in [0.717, 1.165) is 0 Å². The summed E-state index contributed by atoms with van der Waals surface area (Å²) in [5, 5.41) is 29.3. The minimum Gasteiger partial charge on any atom is -0.432 e. The summed E-state index contributed by atoms with van der Waals surface area (Å²) in [5.74, 6) is 0. The number of nitrogens with zero attached hydrogens (tertiary/aromatic N) is 1. The van der Waals surface area contributed by atoms with E-state index in [1.807, 2.05) is 0 Å². The molecule has 1 unspecified atom stereocenters. The lowest BCUT2D eigenvalue weighted by Crippen LogP contribution is -2.59. The van der Waals surface area contributed by atoms with Crippen molar-refractivity contribution in [1.82, 2.24) is 9.97 Å². The monoisotopic (exact) mass is 324 g/mol. The smallest absolute Gasteiger partial charge is 0.325 e. The van der Waals surface area contributed by atoms with Crippen LogP contribution in [0.2, 0.25) is 0 Å². The fourth-order valence-electron chi connectivity index (χ4n) is 1.97. The molecule has 2 rings (SSSR count). The maximum atomic E-state index is 10.9. The number of ether oxygens (including phenoxy) is 2. The standard InChI is InChI=1S/C10H17N2O8P/c13-6-5(1-4-21(16,17)18)19-9(8(15)7(6)14)20-10-11-2-3-12-10/h2-3,5-9,13-15H,1,4H2,(H,11,12)(H2,16,17,18)/t5-,6-,7+,8+,9?/m1/s1. The maximum Gasteiger partial charge on any atom is 0.325 e. The first kappa shape index (κ1) is 16.4. The van der Waals surface area contributed by atoms with Crippen molar-refractivity contribution in [3.8, 4) is 6.01 Å². The maximum absolute atomic E-state index is 10.9. The van der Waals surface area contributed by atoms with Crippen molar-refractivity contribution in [2.24, 2.45) is 0 Å². The molecule has 1 aliphatic rings. The number of aromatic amines is 1. The third-order valence-electron chi connectivity index (χ3n) is 3.07. The highest BCUT2D eigenvalue weighted by atomic mass is 31.2. The molecule has 0 bridgehead atoms. The van der Waals surface area contributed by atoms with Crippen LogP contribution in [-0.2, 0) is 9.30 Å². The predicted molar refractivity (Wildman–Crippen MR) is 67.4 cm³/mol. The Labute approximate surface area is 119 Å². The molecule has 1 aromatic rings. The van der Waals surface area contributed by atoms with Gasteiger partial charge in [-0.15, -0.1) is 0 Å². The van der Waals surface area contributed by atoms with Gasteiger partial charge in [-0.1, -0.05) is 0 Å². The molecule has 2 heterocycles. The summed E-state index contributed by atoms with van der Waals surface area (Å²) in [4.78, 5) is 24.1. The molecular weight excluding hydrogens is 307 g/mol. The largest absolute Gasteiger partial charge is 0.432 e. The number of imidazole rings is 1. The lowest BCUT2D eigenvalue weighted by Gasteiger charge is -2.39. The van der Waals surface area contributed by atoms with Crippen molar-refractivity contribution in [2.45, 2.75) is 37.1 Å². The Morgan fingerprint density at radius 1 is 1.29 bits per heavy atom. The van der Waals surface area contributed by atoms with Crippen LogP contribution < -0.4 is 4.74 Å². The third-order valence-corrected chi connectivity index (χ3v) is 3.92. The van der Waals surface area contributed by atoms with Crippen molar-refractivity contribution in [3.05, 3.63) is 12.4 Å². The molecule has 1 aromatic heterocycles. The van der Waals surface area contributed by atoms with Crippen LogP contribution in [0.25, 0.3) is 0 Å². The van der Waals surface area contributed by atoms with Crippen molar-refractivity contribution < 1.29 is 39.1 Å². The second kappa shape index (κ2) is 6.41. The van der Waals surface area contributed by atoms with Gasteiger partial charge in [0.25, 0.3) is 6.01 Å². The number of aromatic nitrogens is 2. The number of hydrogen-bond acceptors (Lipinski definition) is 7. The van der Waals surface area contributed by atoms with Crippen LogP contribution in [0, 0.1) is 0 Å². The first-order valence-electron chi connectivity index (χ1n) is 6.18. The molecule has 6 N–H and O–H groups in total. The molecule has 0 aliphatic carbocycles. The molecule has 0 saturated carbocycles. The Bertz CT molecular complexity index is 491. The van der Waals surface area contributed by atoms with Crippen LogP contribution in [-0.4, -0.2) is 71.9 Å². The summed E-state index contributed by atoms with van der Waals surface area (Å²) >= 11 is 0. The lowest BCUT2D eigenvalue weighted by molar-refractivity contribution is -0.273. The van der Waals surface area contributed by atoms with Gasteiger partial charge in [0.2, 0.25) is 6.29 Å². The Balaban J connectivity index is 2.03. The highest BCUT2D eigenvalue weighted by Crippen LogP contribution is 2.37. The highest BCUT2D eigenvalue weighted by molar-refractivity contribution is 7.51. The fraction of sp³-hybridized carbons (Fsp3) is 0.700. The number of aliphatic hydroxyl groups is 3. The molecule has 0 amide bonds. The molecule has 5 atom stereocenters. The summed E-state index contributed by atoms with van der Waals surface area (Å²) in [6, 6.07) is 0.0383. The second-order valence-electron chi connectivity index (χ2n) is 4.70. The van der Waals surface area contributed by atoms with Crippen molar-refractivity contribution in [1.29, 1.82) is 0 Å². The number of H-pyrrole nitrogens is 1. The fourth-order valence-corrected chi connectivity index (χ4v) is 2.56. The van der Waals surface area contributed by atoms with Gasteiger partial charge in [-0.05, 0) is 6.42 Å². The van der Waals surface area contributed by atoms with Gasteiger partial charge in [0.05, 0.1) is 12.3 Å². The SMILES string of the molecule is O=P(O)(O)CC[C@H]1OC(Oc2ncc[nH]2)[C@@H](O)[C@@H](O)[C@@H]1O. The van der Waals surface area contributed by atoms with Crippen LogP contribution >= 0.6 is 7.60 Å². The van der Waals surface area contributed by atoms with Crippen LogP contribution in [0.15, 0.2) is 12.4 Å². The first-order chi connectivity index (χ1) is 9.78. The molecule has 21 heavy (non-hydrogen) atoms. The highest BCUT2D eigenvalue weighted by Gasteiger charge is 2.45. The average molecular weight is 324 g/mol. The van der Waals surface area contributed by atoms with Gasteiger partial charge in [-0.25, -0.2) is 4.98 Å². The minimum absolute atomic E-state index is 0.0383. The molecular formula is C10H17N2O8P. The van der Waals surface area contributed by atoms with E-state index in [-0.39, 0.29) is 12.4 Å². The molecule has 11 heteroatoms. The van der Waals surface area contributed by atoms with Gasteiger partial charge < -0.3 is 39.6 Å². The number of aliphatic hydroxyl groups excluding tert-OH is 3. The van der Waals surface area contributed by atoms with Gasteiger partial charge in [-0.3, -0.25) is 4.57 Å². The summed E-state index contributed by atoms with van der Waals surface area (Å²) in [7, 11) is -4.26. The van der Waals surface area contributed by atoms with E-state index in [1.165, 1.54) is 12.4 Å². The number of nitrogens with one attached hydrogen (secondary N) is 1. The molecule has 0 aromatic carbocycles. The zero-order valence-electron chi connectivity index (χ0n) is 10.8. The molecule has 120 valence electrons. The Morgan fingerprint density at radius 3 is 2.57 bits per heavy atom. The van der Waals surface area contributed by atoms with Crippen LogP contribution in [0.5, 0.6) is 6.01 Å². The van der Waals surface area contributed by atoms with Gasteiger partial charge in [0.1, 0.15) is 18.3 Å². The summed E-state index contributed by atoms with van der Waals surface area (Å²) in [6.07, 6.45) is -4.84. The molecule has 10 nitrogen and oxygen atoms in total. The predicted octanol–water partition coefficient (Wildman–Crippen LogP) is -1.84. The Hall–Kier alpha value is -1.00. The lowest BCUT2D eigenvalue weighted by atomic mass is 9.97. The van der Waals surface area contributed by atoms with Crippen molar-refractivity contribution in [2.75, 3.05) is 6.16 Å². The van der Waals surface area contributed by atoms with E-state index in [0.29, 0.717) is 0 Å². The topological polar surface area (TPSA) is 165 Å². The molecule has 1 saturated heterocycles. The zero-order valence-corrected chi connectivity index (χ0v) is 11.7. The first-order valence-corrected chi connectivity index (χ1v) is 7.98. The van der Waals surface area contributed by atoms with E-state index < -0.39 is 44.5 Å². The third kappa shape index (κ3) is 4.24. The van der Waals surface area contributed by atoms with Crippen LogP contribution in [0.3, 0.4) is 0 Å². The van der Waals surface area contributed by atoms with Crippen molar-refractivity contribution in [3.63, 3.8) is 0 Å². The Morgan fingerprint density at radius 2 is 2.00 bits per heavy atom. The van der Waals surface area contributed by atoms with Gasteiger partial charge in [0, 0.05) is 12.4 Å². The normalized spacial score (nSPS) is 33.9. The molecule has 0 spiro atoms.